The van der Waals surface area contributed by atoms with Crippen LogP contribution in [0.2, 0.25) is 0 Å². The van der Waals surface area contributed by atoms with Crippen LogP contribution in [0, 0.1) is 0 Å². The van der Waals surface area contributed by atoms with Gasteiger partial charge in [0.05, 0.1) is 6.61 Å². The first-order valence-electron chi connectivity index (χ1n) is 4.46. The second kappa shape index (κ2) is 4.40. The van der Waals surface area contributed by atoms with Crippen molar-refractivity contribution in [1.82, 2.24) is 0 Å². The minimum atomic E-state index is -0.268. The van der Waals surface area contributed by atoms with Crippen molar-refractivity contribution in [3.8, 4) is 0 Å². The standard InChI is InChI=1S/C11H17NO/c1-11(12,9-13-2)8-10-6-4-3-5-7-10/h3-7H,8-9,12H2,1-2H3. The van der Waals surface area contributed by atoms with Gasteiger partial charge in [0, 0.05) is 12.6 Å². The van der Waals surface area contributed by atoms with Crippen LogP contribution in [-0.2, 0) is 11.2 Å². The van der Waals surface area contributed by atoms with Crippen molar-refractivity contribution in [2.24, 2.45) is 5.73 Å². The third kappa shape index (κ3) is 3.57. The van der Waals surface area contributed by atoms with Gasteiger partial charge in [-0.25, -0.2) is 0 Å². The molecule has 2 N–H and O–H groups in total. The quantitative estimate of drug-likeness (QED) is 0.761. The van der Waals surface area contributed by atoms with E-state index in [2.05, 4.69) is 12.1 Å². The summed E-state index contributed by atoms with van der Waals surface area (Å²) in [6.45, 7) is 2.59. The Morgan fingerprint density at radius 3 is 2.46 bits per heavy atom. The highest BCUT2D eigenvalue weighted by atomic mass is 16.5. The van der Waals surface area contributed by atoms with Gasteiger partial charge < -0.3 is 10.5 Å². The fourth-order valence-electron chi connectivity index (χ4n) is 1.44. The molecule has 0 aliphatic rings. The number of benzene rings is 1. The fourth-order valence-corrected chi connectivity index (χ4v) is 1.44. The minimum absolute atomic E-state index is 0.268. The molecule has 13 heavy (non-hydrogen) atoms. The molecule has 1 rings (SSSR count). The van der Waals surface area contributed by atoms with E-state index < -0.39 is 0 Å². The van der Waals surface area contributed by atoms with Crippen LogP contribution >= 0.6 is 0 Å². The third-order valence-electron chi connectivity index (χ3n) is 1.92. The maximum atomic E-state index is 6.03. The van der Waals surface area contributed by atoms with E-state index in [4.69, 9.17) is 10.5 Å². The van der Waals surface area contributed by atoms with Crippen molar-refractivity contribution < 1.29 is 4.74 Å². The molecule has 2 nitrogen and oxygen atoms in total. The van der Waals surface area contributed by atoms with E-state index in [0.717, 1.165) is 6.42 Å². The molecule has 2 heteroatoms. The molecule has 0 radical (unpaired) electrons. The highest BCUT2D eigenvalue weighted by Gasteiger charge is 2.18. The molecule has 0 amide bonds. The van der Waals surface area contributed by atoms with Crippen molar-refractivity contribution in [3.05, 3.63) is 35.9 Å². The minimum Gasteiger partial charge on any atom is -0.383 e. The largest absolute Gasteiger partial charge is 0.383 e. The summed E-state index contributed by atoms with van der Waals surface area (Å²) in [5.74, 6) is 0. The van der Waals surface area contributed by atoms with Crippen LogP contribution in [0.15, 0.2) is 30.3 Å². The molecule has 1 atom stereocenters. The zero-order valence-corrected chi connectivity index (χ0v) is 8.29. The number of ether oxygens (including phenoxy) is 1. The van der Waals surface area contributed by atoms with Crippen LogP contribution in [0.1, 0.15) is 12.5 Å². The highest BCUT2D eigenvalue weighted by Crippen LogP contribution is 2.10. The van der Waals surface area contributed by atoms with Crippen molar-refractivity contribution in [2.75, 3.05) is 13.7 Å². The molecule has 0 heterocycles. The summed E-state index contributed by atoms with van der Waals surface area (Å²) >= 11 is 0. The molecule has 0 aliphatic carbocycles. The van der Waals surface area contributed by atoms with Crippen LogP contribution < -0.4 is 5.73 Å². The van der Waals surface area contributed by atoms with Gasteiger partial charge in [-0.1, -0.05) is 30.3 Å². The Hall–Kier alpha value is -0.860. The molecule has 0 saturated heterocycles. The van der Waals surface area contributed by atoms with Gasteiger partial charge in [-0.2, -0.15) is 0 Å². The first-order valence-corrected chi connectivity index (χ1v) is 4.46. The first kappa shape index (κ1) is 10.2. The summed E-state index contributed by atoms with van der Waals surface area (Å²) in [6.07, 6.45) is 0.849. The fraction of sp³-hybridized carbons (Fsp3) is 0.455. The topological polar surface area (TPSA) is 35.2 Å². The van der Waals surface area contributed by atoms with Crippen LogP contribution in [0.5, 0.6) is 0 Å². The number of hydrogen-bond donors (Lipinski definition) is 1. The lowest BCUT2D eigenvalue weighted by Crippen LogP contribution is -2.43. The smallest absolute Gasteiger partial charge is 0.0642 e. The van der Waals surface area contributed by atoms with Gasteiger partial charge in [-0.05, 0) is 18.9 Å². The lowest BCUT2D eigenvalue weighted by atomic mass is 9.95. The summed E-state index contributed by atoms with van der Waals surface area (Å²) in [5.41, 5.74) is 7.02. The molecular weight excluding hydrogens is 162 g/mol. The van der Waals surface area contributed by atoms with Gasteiger partial charge in [-0.3, -0.25) is 0 Å². The average molecular weight is 179 g/mol. The molecular formula is C11H17NO. The van der Waals surface area contributed by atoms with E-state index in [0.29, 0.717) is 6.61 Å². The Kier molecular flexibility index (Phi) is 3.46. The second-order valence-electron chi connectivity index (χ2n) is 3.75. The van der Waals surface area contributed by atoms with E-state index in [9.17, 15) is 0 Å². The lowest BCUT2D eigenvalue weighted by Gasteiger charge is -2.23. The summed E-state index contributed by atoms with van der Waals surface area (Å²) in [4.78, 5) is 0. The molecule has 1 aromatic rings. The van der Waals surface area contributed by atoms with Crippen molar-refractivity contribution in [2.45, 2.75) is 18.9 Å². The molecule has 1 unspecified atom stereocenters. The van der Waals surface area contributed by atoms with E-state index in [1.807, 2.05) is 25.1 Å². The molecule has 0 saturated carbocycles. The summed E-state index contributed by atoms with van der Waals surface area (Å²) in [7, 11) is 1.68. The van der Waals surface area contributed by atoms with Gasteiger partial charge >= 0.3 is 0 Å². The van der Waals surface area contributed by atoms with Gasteiger partial charge in [-0.15, -0.1) is 0 Å². The summed E-state index contributed by atoms with van der Waals surface area (Å²) < 4.78 is 5.05. The number of rotatable bonds is 4. The number of methoxy groups -OCH3 is 1. The van der Waals surface area contributed by atoms with E-state index in [1.165, 1.54) is 5.56 Å². The zero-order chi connectivity index (χ0) is 9.73. The molecule has 0 aliphatic heterocycles. The maximum absolute atomic E-state index is 6.03. The Morgan fingerprint density at radius 2 is 1.92 bits per heavy atom. The molecule has 0 fully saturated rings. The van der Waals surface area contributed by atoms with Crippen molar-refractivity contribution in [1.29, 1.82) is 0 Å². The molecule has 0 spiro atoms. The Balaban J connectivity index is 2.58. The van der Waals surface area contributed by atoms with Crippen LogP contribution in [0.4, 0.5) is 0 Å². The Labute approximate surface area is 79.7 Å². The van der Waals surface area contributed by atoms with Crippen LogP contribution in [0.25, 0.3) is 0 Å². The predicted octanol–water partition coefficient (Wildman–Crippen LogP) is 1.59. The normalized spacial score (nSPS) is 15.3. The number of hydrogen-bond acceptors (Lipinski definition) is 2. The van der Waals surface area contributed by atoms with Crippen molar-refractivity contribution in [3.63, 3.8) is 0 Å². The SMILES string of the molecule is COCC(C)(N)Cc1ccccc1. The van der Waals surface area contributed by atoms with E-state index in [-0.39, 0.29) is 5.54 Å². The Bertz CT molecular complexity index is 244. The second-order valence-corrected chi connectivity index (χ2v) is 3.75. The number of nitrogens with two attached hydrogens (primary N) is 1. The zero-order valence-electron chi connectivity index (χ0n) is 8.29. The molecule has 0 bridgehead atoms. The first-order chi connectivity index (χ1) is 6.14. The molecule has 1 aromatic carbocycles. The third-order valence-corrected chi connectivity index (χ3v) is 1.92. The predicted molar refractivity (Wildman–Crippen MR) is 54.6 cm³/mol. The Morgan fingerprint density at radius 1 is 1.31 bits per heavy atom. The van der Waals surface area contributed by atoms with Gasteiger partial charge in [0.1, 0.15) is 0 Å². The van der Waals surface area contributed by atoms with Crippen LogP contribution in [0.3, 0.4) is 0 Å². The maximum Gasteiger partial charge on any atom is 0.0642 e. The monoisotopic (exact) mass is 179 g/mol. The average Bonchev–Trinajstić information content (AvgIpc) is 2.04. The molecule has 72 valence electrons. The lowest BCUT2D eigenvalue weighted by molar-refractivity contribution is 0.141. The highest BCUT2D eigenvalue weighted by molar-refractivity contribution is 5.17. The van der Waals surface area contributed by atoms with E-state index in [1.54, 1.807) is 7.11 Å². The molecule has 0 aromatic heterocycles. The van der Waals surface area contributed by atoms with Gasteiger partial charge in [0.15, 0.2) is 0 Å². The summed E-state index contributed by atoms with van der Waals surface area (Å²) in [6, 6.07) is 10.2. The van der Waals surface area contributed by atoms with Gasteiger partial charge in [0.25, 0.3) is 0 Å². The van der Waals surface area contributed by atoms with Crippen molar-refractivity contribution >= 4 is 0 Å². The van der Waals surface area contributed by atoms with E-state index >= 15 is 0 Å². The van der Waals surface area contributed by atoms with Crippen LogP contribution in [-0.4, -0.2) is 19.3 Å². The summed E-state index contributed by atoms with van der Waals surface area (Å²) in [5, 5.41) is 0. The van der Waals surface area contributed by atoms with Gasteiger partial charge in [0.2, 0.25) is 0 Å².